The van der Waals surface area contributed by atoms with E-state index in [9.17, 15) is 30.7 Å². The first-order valence-corrected chi connectivity index (χ1v) is 4.20. The number of halogens is 7. The van der Waals surface area contributed by atoms with E-state index in [1.54, 1.807) is 0 Å². The molecular formula is C7H7F7O2. The number of rotatable bonds is 3. The van der Waals surface area contributed by atoms with E-state index in [2.05, 4.69) is 9.47 Å². The molecule has 1 unspecified atom stereocenters. The lowest BCUT2D eigenvalue weighted by Gasteiger charge is -2.28. The Kier molecular flexibility index (Phi) is 3.39. The quantitative estimate of drug-likeness (QED) is 0.723. The van der Waals surface area contributed by atoms with Crippen molar-refractivity contribution in [3.8, 4) is 0 Å². The van der Waals surface area contributed by atoms with Crippen LogP contribution in [0.5, 0.6) is 0 Å². The Balaban J connectivity index is 2.71. The predicted octanol–water partition coefficient (Wildman–Crippen LogP) is 2.93. The minimum absolute atomic E-state index is 0.124. The number of alkyl halides is 7. The monoisotopic (exact) mass is 256 g/mol. The fourth-order valence-electron chi connectivity index (χ4n) is 1.14. The zero-order valence-corrected chi connectivity index (χ0v) is 7.66. The molecule has 1 aliphatic heterocycles. The summed E-state index contributed by atoms with van der Waals surface area (Å²) in [5, 5.41) is 0. The molecular weight excluding hydrogens is 249 g/mol. The molecule has 0 aliphatic carbocycles. The molecule has 0 N–H and O–H groups in total. The molecule has 1 fully saturated rings. The Morgan fingerprint density at radius 2 is 1.56 bits per heavy atom. The highest BCUT2D eigenvalue weighted by atomic mass is 19.4. The second kappa shape index (κ2) is 4.02. The van der Waals surface area contributed by atoms with Crippen LogP contribution in [0.1, 0.15) is 12.8 Å². The fraction of sp³-hybridized carbons (Fsp3) is 1.00. The van der Waals surface area contributed by atoms with E-state index in [-0.39, 0.29) is 19.4 Å². The van der Waals surface area contributed by atoms with Crippen molar-refractivity contribution in [3.63, 3.8) is 0 Å². The molecule has 0 spiro atoms. The summed E-state index contributed by atoms with van der Waals surface area (Å²) in [6.45, 7) is -0.124. The molecule has 0 aromatic rings. The van der Waals surface area contributed by atoms with E-state index in [0.29, 0.717) is 0 Å². The van der Waals surface area contributed by atoms with Crippen LogP contribution in [0.3, 0.4) is 0 Å². The van der Waals surface area contributed by atoms with Crippen LogP contribution in [0, 0.1) is 0 Å². The Labute approximate surface area is 85.3 Å². The van der Waals surface area contributed by atoms with Crippen LogP contribution >= 0.6 is 0 Å². The summed E-state index contributed by atoms with van der Waals surface area (Å²) in [6.07, 6.45) is -19.0. The van der Waals surface area contributed by atoms with Crippen molar-refractivity contribution < 1.29 is 40.2 Å². The van der Waals surface area contributed by atoms with Crippen molar-refractivity contribution in [2.45, 2.75) is 37.3 Å². The summed E-state index contributed by atoms with van der Waals surface area (Å²) in [4.78, 5) is 0. The molecule has 16 heavy (non-hydrogen) atoms. The van der Waals surface area contributed by atoms with Crippen LogP contribution in [0.15, 0.2) is 0 Å². The van der Waals surface area contributed by atoms with E-state index in [1.807, 2.05) is 0 Å². The van der Waals surface area contributed by atoms with Crippen LogP contribution in [0.2, 0.25) is 0 Å². The Bertz CT molecular complexity index is 244. The summed E-state index contributed by atoms with van der Waals surface area (Å²) in [6, 6.07) is 0. The standard InChI is InChI=1S/C7H7F7O2/c8-5(9,4-2-1-3-15-4)16-7(13,14)6(10,11)12/h4H,1-3H2. The Morgan fingerprint density at radius 3 is 1.94 bits per heavy atom. The number of hydrogen-bond donors (Lipinski definition) is 0. The first-order valence-electron chi connectivity index (χ1n) is 4.20. The van der Waals surface area contributed by atoms with Gasteiger partial charge in [0.2, 0.25) is 0 Å². The van der Waals surface area contributed by atoms with Crippen molar-refractivity contribution >= 4 is 0 Å². The van der Waals surface area contributed by atoms with Gasteiger partial charge in [-0.2, -0.15) is 30.7 Å². The van der Waals surface area contributed by atoms with E-state index >= 15 is 0 Å². The van der Waals surface area contributed by atoms with Gasteiger partial charge in [0.05, 0.1) is 0 Å². The molecule has 1 aliphatic rings. The smallest absolute Gasteiger partial charge is 0.369 e. The molecule has 9 heteroatoms. The maximum Gasteiger partial charge on any atom is 0.483 e. The molecule has 0 saturated carbocycles. The maximum absolute atomic E-state index is 12.8. The molecule has 0 aromatic carbocycles. The van der Waals surface area contributed by atoms with Crippen LogP contribution in [0.25, 0.3) is 0 Å². The second-order valence-corrected chi connectivity index (χ2v) is 3.18. The van der Waals surface area contributed by atoms with E-state index in [1.165, 1.54) is 0 Å². The first kappa shape index (κ1) is 13.5. The lowest BCUT2D eigenvalue weighted by molar-refractivity contribution is -0.467. The molecule has 1 atom stereocenters. The van der Waals surface area contributed by atoms with Gasteiger partial charge in [-0.05, 0) is 12.8 Å². The van der Waals surface area contributed by atoms with Gasteiger partial charge in [-0.15, -0.1) is 0 Å². The molecule has 0 amide bonds. The number of hydrogen-bond acceptors (Lipinski definition) is 2. The highest BCUT2D eigenvalue weighted by Gasteiger charge is 2.65. The SMILES string of the molecule is FC(F)(OC(F)(F)C(F)(F)F)C1CCCO1. The zero-order valence-electron chi connectivity index (χ0n) is 7.66. The molecule has 96 valence electrons. The highest BCUT2D eigenvalue weighted by molar-refractivity contribution is 4.77. The Morgan fingerprint density at radius 1 is 1.00 bits per heavy atom. The topological polar surface area (TPSA) is 18.5 Å². The fourth-order valence-corrected chi connectivity index (χ4v) is 1.14. The van der Waals surface area contributed by atoms with Crippen LogP contribution in [0.4, 0.5) is 30.7 Å². The van der Waals surface area contributed by atoms with Crippen molar-refractivity contribution in [1.29, 1.82) is 0 Å². The average molecular weight is 256 g/mol. The van der Waals surface area contributed by atoms with Gasteiger partial charge >= 0.3 is 18.4 Å². The van der Waals surface area contributed by atoms with Crippen LogP contribution < -0.4 is 0 Å². The Hall–Kier alpha value is -0.570. The molecule has 0 radical (unpaired) electrons. The van der Waals surface area contributed by atoms with Gasteiger partial charge < -0.3 is 4.74 Å². The molecule has 0 bridgehead atoms. The van der Waals surface area contributed by atoms with Gasteiger partial charge in [-0.1, -0.05) is 0 Å². The first-order chi connectivity index (χ1) is 7.06. The maximum atomic E-state index is 12.8. The minimum atomic E-state index is -6.19. The van der Waals surface area contributed by atoms with E-state index in [4.69, 9.17) is 0 Å². The highest BCUT2D eigenvalue weighted by Crippen LogP contribution is 2.42. The van der Waals surface area contributed by atoms with E-state index < -0.39 is 24.5 Å². The van der Waals surface area contributed by atoms with Crippen molar-refractivity contribution in [3.05, 3.63) is 0 Å². The summed E-state index contributed by atoms with van der Waals surface area (Å²) in [5.74, 6) is 0. The van der Waals surface area contributed by atoms with Gasteiger partial charge in [0.1, 0.15) is 6.10 Å². The molecule has 2 nitrogen and oxygen atoms in total. The zero-order chi connectivity index (χ0) is 12.6. The van der Waals surface area contributed by atoms with Crippen molar-refractivity contribution in [2.24, 2.45) is 0 Å². The third-order valence-electron chi connectivity index (χ3n) is 1.90. The molecule has 0 aromatic heterocycles. The van der Waals surface area contributed by atoms with Crippen LogP contribution in [-0.2, 0) is 9.47 Å². The van der Waals surface area contributed by atoms with Crippen molar-refractivity contribution in [1.82, 2.24) is 0 Å². The van der Waals surface area contributed by atoms with Gasteiger partial charge in [0.15, 0.2) is 0 Å². The lowest BCUT2D eigenvalue weighted by Crippen LogP contribution is -2.48. The summed E-state index contributed by atoms with van der Waals surface area (Å²) < 4.78 is 91.7. The second-order valence-electron chi connectivity index (χ2n) is 3.18. The third-order valence-corrected chi connectivity index (χ3v) is 1.90. The summed E-state index contributed by atoms with van der Waals surface area (Å²) in [5.41, 5.74) is 0. The molecule has 1 heterocycles. The normalized spacial score (nSPS) is 23.8. The van der Waals surface area contributed by atoms with Crippen molar-refractivity contribution in [2.75, 3.05) is 6.61 Å². The van der Waals surface area contributed by atoms with E-state index in [0.717, 1.165) is 0 Å². The minimum Gasteiger partial charge on any atom is -0.369 e. The molecule has 1 saturated heterocycles. The predicted molar refractivity (Wildman–Crippen MR) is 36.0 cm³/mol. The average Bonchev–Trinajstić information content (AvgIpc) is 2.50. The third kappa shape index (κ3) is 2.76. The summed E-state index contributed by atoms with van der Waals surface area (Å²) in [7, 11) is 0. The van der Waals surface area contributed by atoms with Gasteiger partial charge in [0, 0.05) is 6.61 Å². The van der Waals surface area contributed by atoms with Gasteiger partial charge in [-0.3, -0.25) is 0 Å². The lowest BCUT2D eigenvalue weighted by atomic mass is 10.2. The summed E-state index contributed by atoms with van der Waals surface area (Å²) >= 11 is 0. The van der Waals surface area contributed by atoms with Gasteiger partial charge in [0.25, 0.3) is 0 Å². The largest absolute Gasteiger partial charge is 0.483 e. The number of ether oxygens (including phenoxy) is 2. The molecule has 1 rings (SSSR count). The van der Waals surface area contributed by atoms with Gasteiger partial charge in [-0.25, -0.2) is 4.74 Å². The van der Waals surface area contributed by atoms with Crippen LogP contribution in [-0.4, -0.2) is 31.1 Å².